The number of carbonyl (C=O) groups is 5. The predicted molar refractivity (Wildman–Crippen MR) is 134 cm³/mol. The van der Waals surface area contributed by atoms with Crippen LogP contribution in [0.25, 0.3) is 0 Å². The van der Waals surface area contributed by atoms with Gasteiger partial charge in [0.25, 0.3) is 0 Å². The van der Waals surface area contributed by atoms with Crippen LogP contribution in [-0.4, -0.2) is 59.0 Å². The van der Waals surface area contributed by atoms with Crippen molar-refractivity contribution in [2.75, 3.05) is 0 Å². The van der Waals surface area contributed by atoms with Crippen molar-refractivity contribution in [1.29, 1.82) is 0 Å². The normalized spacial score (nSPS) is 41.4. The monoisotopic (exact) mass is 530 g/mol. The second kappa shape index (κ2) is 9.14. The molecule has 0 aromatic rings. The van der Waals surface area contributed by atoms with Crippen molar-refractivity contribution in [3.8, 4) is 0 Å². The van der Waals surface area contributed by atoms with Crippen molar-refractivity contribution in [1.82, 2.24) is 0 Å². The zero-order valence-electron chi connectivity index (χ0n) is 23.6. The number of hydrogen-bond donors (Lipinski definition) is 0. The number of hydrogen-bond acceptors (Lipinski definition) is 9. The van der Waals surface area contributed by atoms with E-state index >= 15 is 0 Å². The molecule has 1 heterocycles. The van der Waals surface area contributed by atoms with Gasteiger partial charge in [0.05, 0.1) is 5.92 Å². The maximum absolute atomic E-state index is 14.1. The van der Waals surface area contributed by atoms with Crippen LogP contribution in [0.2, 0.25) is 0 Å². The van der Waals surface area contributed by atoms with Crippen LogP contribution in [0.4, 0.5) is 0 Å². The molecule has 1 aliphatic heterocycles. The van der Waals surface area contributed by atoms with Gasteiger partial charge in [0.1, 0.15) is 12.2 Å². The van der Waals surface area contributed by atoms with E-state index < -0.39 is 76.5 Å². The Bertz CT molecular complexity index is 1160. The molecule has 0 N–H and O–H groups in total. The molecule has 0 spiro atoms. The van der Waals surface area contributed by atoms with Crippen LogP contribution in [0.3, 0.4) is 0 Å². The number of rotatable bonds is 4. The smallest absolute Gasteiger partial charge is 0.333 e. The summed E-state index contributed by atoms with van der Waals surface area (Å²) in [5.74, 6) is -4.27. The minimum absolute atomic E-state index is 0.209. The summed E-state index contributed by atoms with van der Waals surface area (Å²) in [7, 11) is 0. The molecule has 9 atom stereocenters. The third kappa shape index (κ3) is 4.05. The fourth-order valence-corrected chi connectivity index (χ4v) is 6.96. The molecule has 0 bridgehead atoms. The second-order valence-corrected chi connectivity index (χ2v) is 12.0. The molecule has 2 saturated carbocycles. The van der Waals surface area contributed by atoms with Crippen molar-refractivity contribution >= 4 is 29.5 Å². The number of Topliss-reactive ketones (excluding diaryl/α,β-unsaturated/α-hetero) is 2. The lowest BCUT2D eigenvalue weighted by Crippen LogP contribution is -2.42. The summed E-state index contributed by atoms with van der Waals surface area (Å²) in [6.07, 6.45) is 0.546. The average molecular weight is 531 g/mol. The van der Waals surface area contributed by atoms with E-state index in [4.69, 9.17) is 18.9 Å². The predicted octanol–water partition coefficient (Wildman–Crippen LogP) is 3.28. The van der Waals surface area contributed by atoms with Gasteiger partial charge in [-0.25, -0.2) is 4.79 Å². The zero-order chi connectivity index (χ0) is 28.5. The second-order valence-electron chi connectivity index (χ2n) is 12.0. The molecule has 4 rings (SSSR count). The van der Waals surface area contributed by atoms with Gasteiger partial charge in [-0.2, -0.15) is 0 Å². The van der Waals surface area contributed by atoms with Gasteiger partial charge >= 0.3 is 17.9 Å². The third-order valence-electron chi connectivity index (χ3n) is 9.08. The topological polar surface area (TPSA) is 126 Å². The number of ether oxygens (including phenoxy) is 4. The fourth-order valence-electron chi connectivity index (χ4n) is 6.96. The molecule has 38 heavy (non-hydrogen) atoms. The van der Waals surface area contributed by atoms with E-state index in [-0.39, 0.29) is 18.0 Å². The molecule has 3 fully saturated rings. The Kier molecular flexibility index (Phi) is 6.78. The Hall–Kier alpha value is -2.81. The zero-order valence-corrected chi connectivity index (χ0v) is 23.6. The highest BCUT2D eigenvalue weighted by molar-refractivity contribution is 6.11. The van der Waals surface area contributed by atoms with Crippen LogP contribution in [-0.2, 0) is 42.9 Å². The summed E-state index contributed by atoms with van der Waals surface area (Å²) in [6, 6.07) is 0. The molecule has 1 saturated heterocycles. The Morgan fingerprint density at radius 1 is 0.947 bits per heavy atom. The Labute approximate surface area is 223 Å². The van der Waals surface area contributed by atoms with Crippen LogP contribution in [0.15, 0.2) is 23.3 Å². The first kappa shape index (κ1) is 28.2. The summed E-state index contributed by atoms with van der Waals surface area (Å²) >= 11 is 0. The molecule has 9 nitrogen and oxygen atoms in total. The fraction of sp³-hybridized carbons (Fsp3) is 0.690. The van der Waals surface area contributed by atoms with Crippen molar-refractivity contribution < 1.29 is 42.9 Å². The minimum Gasteiger partial charge on any atom is -0.461 e. The van der Waals surface area contributed by atoms with Gasteiger partial charge in [-0.05, 0) is 44.3 Å². The molecular formula is C29H38O9. The molecule has 0 amide bonds. The molecular weight excluding hydrogens is 492 g/mol. The lowest BCUT2D eigenvalue weighted by molar-refractivity contribution is -0.164. The Balaban J connectivity index is 1.93. The van der Waals surface area contributed by atoms with E-state index in [0.29, 0.717) is 11.1 Å². The van der Waals surface area contributed by atoms with Crippen LogP contribution >= 0.6 is 0 Å². The highest BCUT2D eigenvalue weighted by Gasteiger charge is 2.83. The summed E-state index contributed by atoms with van der Waals surface area (Å²) in [6.45, 7) is 14.9. The first-order chi connectivity index (χ1) is 17.6. The van der Waals surface area contributed by atoms with E-state index in [1.54, 1.807) is 46.8 Å². The van der Waals surface area contributed by atoms with Crippen molar-refractivity contribution in [3.05, 3.63) is 23.3 Å². The number of fused-ring (bicyclic) bond motifs is 1. The molecule has 3 aliphatic carbocycles. The molecule has 208 valence electrons. The molecule has 0 aromatic carbocycles. The maximum atomic E-state index is 14.1. The molecule has 0 radical (unpaired) electrons. The maximum Gasteiger partial charge on any atom is 0.333 e. The molecule has 9 heteroatoms. The van der Waals surface area contributed by atoms with Gasteiger partial charge in [0.2, 0.25) is 0 Å². The first-order valence-electron chi connectivity index (χ1n) is 13.2. The molecule has 0 aromatic heterocycles. The minimum atomic E-state index is -1.50. The number of esters is 3. The number of allylic oxidation sites excluding steroid dienone is 1. The van der Waals surface area contributed by atoms with Gasteiger partial charge in [-0.1, -0.05) is 33.8 Å². The summed E-state index contributed by atoms with van der Waals surface area (Å²) in [5, 5.41) is 0. The van der Waals surface area contributed by atoms with Crippen LogP contribution < -0.4 is 0 Å². The van der Waals surface area contributed by atoms with Crippen LogP contribution in [0, 0.1) is 29.1 Å². The van der Waals surface area contributed by atoms with Gasteiger partial charge in [0.15, 0.2) is 28.9 Å². The first-order valence-corrected chi connectivity index (χ1v) is 13.2. The van der Waals surface area contributed by atoms with Crippen molar-refractivity contribution in [2.24, 2.45) is 29.1 Å². The standard InChI is InChI=1S/C29H38O9/c1-10-13(2)26(34)37-23-20-19(27(20,8)9)22(36-18(7)31)16(5)25(33)29-12-15(4)24(32)28(29,38-29)11-14(3)21(23)35-17(6)30/h10-11,15-16,19-23H,12H2,1-9H3. The van der Waals surface area contributed by atoms with Gasteiger partial charge in [-0.3, -0.25) is 19.2 Å². The summed E-state index contributed by atoms with van der Waals surface area (Å²) in [5.41, 5.74) is -2.59. The number of ketones is 2. The Morgan fingerprint density at radius 2 is 1.53 bits per heavy atom. The molecule has 4 aliphatic rings. The van der Waals surface area contributed by atoms with Gasteiger partial charge in [0, 0.05) is 37.2 Å². The van der Waals surface area contributed by atoms with Gasteiger partial charge < -0.3 is 18.9 Å². The van der Waals surface area contributed by atoms with E-state index in [2.05, 4.69) is 0 Å². The SMILES string of the molecule is CC=C(C)C(=O)OC1C(OC(C)=O)C(C)=CC23OC2(CC(C)C3=O)C(=O)C(C)C(OC(C)=O)C2C1C2(C)C. The molecule has 9 unspecified atom stereocenters. The summed E-state index contributed by atoms with van der Waals surface area (Å²) in [4.78, 5) is 65.0. The highest BCUT2D eigenvalue weighted by Crippen LogP contribution is 2.67. The van der Waals surface area contributed by atoms with Crippen LogP contribution in [0.1, 0.15) is 68.7 Å². The third-order valence-corrected chi connectivity index (χ3v) is 9.08. The van der Waals surface area contributed by atoms with Crippen LogP contribution in [0.5, 0.6) is 0 Å². The van der Waals surface area contributed by atoms with Crippen molar-refractivity contribution in [3.63, 3.8) is 0 Å². The Morgan fingerprint density at radius 3 is 2.08 bits per heavy atom. The lowest BCUT2D eigenvalue weighted by atomic mass is 9.81. The lowest BCUT2D eigenvalue weighted by Gasteiger charge is -2.30. The quantitative estimate of drug-likeness (QED) is 0.177. The highest BCUT2D eigenvalue weighted by atomic mass is 16.6. The number of epoxide rings is 1. The van der Waals surface area contributed by atoms with Crippen molar-refractivity contribution in [2.45, 2.75) is 98.2 Å². The summed E-state index contributed by atoms with van der Waals surface area (Å²) < 4.78 is 23.6. The van der Waals surface area contributed by atoms with E-state index in [1.807, 2.05) is 13.8 Å². The van der Waals surface area contributed by atoms with E-state index in [1.165, 1.54) is 13.8 Å². The number of carbonyl (C=O) groups excluding carboxylic acids is 5. The van der Waals surface area contributed by atoms with Gasteiger partial charge in [-0.15, -0.1) is 0 Å². The largest absolute Gasteiger partial charge is 0.461 e. The van der Waals surface area contributed by atoms with E-state index in [0.717, 1.165) is 0 Å². The average Bonchev–Trinajstić information content (AvgIpc) is 3.62. The van der Waals surface area contributed by atoms with E-state index in [9.17, 15) is 24.0 Å².